The lowest BCUT2D eigenvalue weighted by atomic mass is 9.81. The summed E-state index contributed by atoms with van der Waals surface area (Å²) in [6.45, 7) is 10.1. The molecular weight excluding hydrogens is 234 g/mol. The van der Waals surface area contributed by atoms with Gasteiger partial charge in [0.05, 0.1) is 0 Å². The minimum Gasteiger partial charge on any atom is -0.489 e. The van der Waals surface area contributed by atoms with Gasteiger partial charge in [0, 0.05) is 22.8 Å². The van der Waals surface area contributed by atoms with Crippen LogP contribution in [0.25, 0.3) is 0 Å². The van der Waals surface area contributed by atoms with Gasteiger partial charge in [0.15, 0.2) is 0 Å². The topological polar surface area (TPSA) is 35.2 Å². The number of nitrogens with two attached hydrogens (primary N) is 1. The molecule has 2 rings (SSSR count). The Bertz CT molecular complexity index is 464. The summed E-state index contributed by atoms with van der Waals surface area (Å²) >= 11 is 0. The minimum absolute atomic E-state index is 0.317. The third-order valence-corrected chi connectivity index (χ3v) is 4.05. The molecular formula is C17H25NO. The summed E-state index contributed by atoms with van der Waals surface area (Å²) in [7, 11) is 0. The maximum atomic E-state index is 6.24. The molecule has 1 saturated carbocycles. The Morgan fingerprint density at radius 2 is 2.00 bits per heavy atom. The van der Waals surface area contributed by atoms with Crippen LogP contribution in [0.2, 0.25) is 0 Å². The van der Waals surface area contributed by atoms with Crippen molar-refractivity contribution in [2.24, 2.45) is 11.7 Å². The average Bonchev–Trinajstić information content (AvgIpc) is 2.74. The number of allylic oxidation sites excluding steroid dienone is 6. The lowest BCUT2D eigenvalue weighted by molar-refractivity contribution is 0.0981. The summed E-state index contributed by atoms with van der Waals surface area (Å²) in [5.41, 5.74) is 10.4. The van der Waals surface area contributed by atoms with Gasteiger partial charge >= 0.3 is 0 Å². The Labute approximate surface area is 116 Å². The highest BCUT2D eigenvalue weighted by molar-refractivity contribution is 5.50. The Kier molecular flexibility index (Phi) is 4.18. The number of rotatable bonds is 2. The maximum Gasteiger partial charge on any atom is 0.132 e. The molecule has 2 heteroatoms. The molecule has 0 amide bonds. The molecule has 2 N–H and O–H groups in total. The van der Waals surface area contributed by atoms with E-state index in [9.17, 15) is 0 Å². The van der Waals surface area contributed by atoms with Crippen molar-refractivity contribution >= 4 is 0 Å². The molecule has 0 radical (unpaired) electrons. The molecule has 19 heavy (non-hydrogen) atoms. The molecule has 2 unspecified atom stereocenters. The molecule has 0 aromatic heterocycles. The van der Waals surface area contributed by atoms with Gasteiger partial charge in [-0.05, 0) is 45.6 Å². The Morgan fingerprint density at radius 3 is 2.58 bits per heavy atom. The molecule has 1 aliphatic heterocycles. The van der Waals surface area contributed by atoms with Gasteiger partial charge in [-0.25, -0.2) is 0 Å². The average molecular weight is 259 g/mol. The van der Waals surface area contributed by atoms with Gasteiger partial charge in [0.1, 0.15) is 11.9 Å². The van der Waals surface area contributed by atoms with Gasteiger partial charge in [-0.2, -0.15) is 0 Å². The van der Waals surface area contributed by atoms with E-state index in [4.69, 9.17) is 10.5 Å². The normalized spacial score (nSPS) is 31.9. The van der Waals surface area contributed by atoms with Gasteiger partial charge in [0.2, 0.25) is 0 Å². The highest BCUT2D eigenvalue weighted by Gasteiger charge is 2.40. The van der Waals surface area contributed by atoms with Crippen LogP contribution in [0.4, 0.5) is 0 Å². The van der Waals surface area contributed by atoms with Crippen LogP contribution >= 0.6 is 0 Å². The van der Waals surface area contributed by atoms with Crippen molar-refractivity contribution in [3.8, 4) is 0 Å². The fourth-order valence-electron chi connectivity index (χ4n) is 3.21. The van der Waals surface area contributed by atoms with Crippen molar-refractivity contribution in [3.05, 3.63) is 46.9 Å². The fourth-order valence-corrected chi connectivity index (χ4v) is 3.21. The Morgan fingerprint density at radius 1 is 1.32 bits per heavy atom. The molecule has 2 atom stereocenters. The van der Waals surface area contributed by atoms with Crippen molar-refractivity contribution in [3.63, 3.8) is 0 Å². The molecule has 0 aromatic carbocycles. The summed E-state index contributed by atoms with van der Waals surface area (Å²) in [6.07, 6.45) is 9.31. The van der Waals surface area contributed by atoms with Gasteiger partial charge in [0.25, 0.3) is 0 Å². The predicted molar refractivity (Wildman–Crippen MR) is 80.4 cm³/mol. The van der Waals surface area contributed by atoms with Crippen molar-refractivity contribution < 1.29 is 4.74 Å². The quantitative estimate of drug-likeness (QED) is 0.806. The number of hydrogen-bond acceptors (Lipinski definition) is 2. The molecule has 104 valence electrons. The third-order valence-electron chi connectivity index (χ3n) is 4.05. The van der Waals surface area contributed by atoms with Gasteiger partial charge in [-0.15, -0.1) is 0 Å². The smallest absolute Gasteiger partial charge is 0.132 e. The van der Waals surface area contributed by atoms with Crippen LogP contribution in [0.5, 0.6) is 0 Å². The van der Waals surface area contributed by atoms with E-state index in [0.29, 0.717) is 12.0 Å². The Balaban J connectivity index is 2.52. The van der Waals surface area contributed by atoms with Crippen LogP contribution in [-0.4, -0.2) is 6.10 Å². The summed E-state index contributed by atoms with van der Waals surface area (Å²) in [4.78, 5) is 0. The van der Waals surface area contributed by atoms with E-state index in [0.717, 1.165) is 29.0 Å². The van der Waals surface area contributed by atoms with Crippen LogP contribution in [-0.2, 0) is 4.74 Å². The number of fused-ring (bicyclic) bond motifs is 1. The molecule has 0 aromatic rings. The standard InChI is InChI=1S/C17H25NO/c1-5-8-13(11(2)3)17-16(12(4)18)14-9-6-7-10-15(14)19-17/h5,8,14-15H,2,6-7,9-10,18H2,1,3-4H3/b8-5-,16-12+,17-13-. The van der Waals surface area contributed by atoms with E-state index in [1.165, 1.54) is 24.8 Å². The monoisotopic (exact) mass is 259 g/mol. The van der Waals surface area contributed by atoms with Crippen molar-refractivity contribution in [1.29, 1.82) is 0 Å². The highest BCUT2D eigenvalue weighted by atomic mass is 16.5. The first-order chi connectivity index (χ1) is 9.06. The predicted octanol–water partition coefficient (Wildman–Crippen LogP) is 4.21. The molecule has 0 spiro atoms. The second kappa shape index (κ2) is 5.68. The van der Waals surface area contributed by atoms with Gasteiger partial charge in [-0.1, -0.05) is 25.2 Å². The zero-order valence-corrected chi connectivity index (χ0v) is 12.3. The van der Waals surface area contributed by atoms with Gasteiger partial charge in [-0.3, -0.25) is 0 Å². The van der Waals surface area contributed by atoms with Crippen LogP contribution in [0, 0.1) is 5.92 Å². The lowest BCUT2D eigenvalue weighted by Gasteiger charge is -2.23. The molecule has 2 aliphatic rings. The summed E-state index contributed by atoms with van der Waals surface area (Å²) < 4.78 is 6.24. The Hall–Kier alpha value is -1.44. The van der Waals surface area contributed by atoms with Crippen LogP contribution in [0.15, 0.2) is 46.9 Å². The van der Waals surface area contributed by atoms with E-state index in [2.05, 4.69) is 12.7 Å². The summed E-state index contributed by atoms with van der Waals surface area (Å²) in [5, 5.41) is 0. The van der Waals surface area contributed by atoms with Gasteiger partial charge < -0.3 is 10.5 Å². The first-order valence-corrected chi connectivity index (χ1v) is 7.22. The second-order valence-electron chi connectivity index (χ2n) is 5.67. The number of hydrogen-bond donors (Lipinski definition) is 1. The van der Waals surface area contributed by atoms with E-state index in [1.807, 2.05) is 26.8 Å². The third kappa shape index (κ3) is 2.63. The van der Waals surface area contributed by atoms with Crippen LogP contribution < -0.4 is 5.73 Å². The second-order valence-corrected chi connectivity index (χ2v) is 5.67. The first kappa shape index (κ1) is 14.0. The van der Waals surface area contributed by atoms with E-state index in [1.54, 1.807) is 0 Å². The van der Waals surface area contributed by atoms with Crippen molar-refractivity contribution in [1.82, 2.24) is 0 Å². The zero-order valence-electron chi connectivity index (χ0n) is 12.3. The van der Waals surface area contributed by atoms with E-state index in [-0.39, 0.29) is 0 Å². The summed E-state index contributed by atoms with van der Waals surface area (Å²) in [6, 6.07) is 0. The van der Waals surface area contributed by atoms with Crippen molar-refractivity contribution in [2.75, 3.05) is 0 Å². The zero-order chi connectivity index (χ0) is 14.0. The molecule has 1 aliphatic carbocycles. The van der Waals surface area contributed by atoms with Crippen LogP contribution in [0.1, 0.15) is 46.5 Å². The number of ether oxygens (including phenoxy) is 1. The highest BCUT2D eigenvalue weighted by Crippen LogP contribution is 2.45. The maximum absolute atomic E-state index is 6.24. The molecule has 2 nitrogen and oxygen atoms in total. The van der Waals surface area contributed by atoms with Crippen molar-refractivity contribution in [2.45, 2.75) is 52.6 Å². The summed E-state index contributed by atoms with van der Waals surface area (Å²) in [5.74, 6) is 1.45. The minimum atomic E-state index is 0.317. The lowest BCUT2D eigenvalue weighted by Crippen LogP contribution is -2.21. The molecule has 1 heterocycles. The molecule has 0 bridgehead atoms. The fraction of sp³-hybridized carbons (Fsp3) is 0.529. The molecule has 1 saturated heterocycles. The largest absolute Gasteiger partial charge is 0.489 e. The molecule has 2 fully saturated rings. The first-order valence-electron chi connectivity index (χ1n) is 7.22. The van der Waals surface area contributed by atoms with Crippen LogP contribution in [0.3, 0.4) is 0 Å². The van der Waals surface area contributed by atoms with E-state index < -0.39 is 0 Å². The van der Waals surface area contributed by atoms with E-state index >= 15 is 0 Å². The SMILES string of the molecule is C=C(C)C(/C=C\C)=C1\OC2CCCCC2\C1=C(\C)N.